The van der Waals surface area contributed by atoms with Gasteiger partial charge in [0.25, 0.3) is 5.91 Å². The molecule has 4 heteroatoms. The van der Waals surface area contributed by atoms with Gasteiger partial charge in [-0.15, -0.1) is 0 Å². The van der Waals surface area contributed by atoms with Crippen molar-refractivity contribution in [3.8, 4) is 0 Å². The van der Waals surface area contributed by atoms with Crippen LogP contribution in [-0.4, -0.2) is 37.5 Å². The number of benzene rings is 1. The van der Waals surface area contributed by atoms with Gasteiger partial charge in [0.05, 0.1) is 0 Å². The molecule has 0 heterocycles. The Morgan fingerprint density at radius 1 is 1.47 bits per heavy atom. The van der Waals surface area contributed by atoms with E-state index in [0.29, 0.717) is 0 Å². The molecular formula is C13H19BrN2O. The van der Waals surface area contributed by atoms with Crippen LogP contribution in [0.2, 0.25) is 0 Å². The maximum absolute atomic E-state index is 12.1. The summed E-state index contributed by atoms with van der Waals surface area (Å²) in [6.45, 7) is 4.78. The number of carbonyl (C=O) groups excluding carboxylic acids is 1. The van der Waals surface area contributed by atoms with Crippen LogP contribution < -0.4 is 5.32 Å². The highest BCUT2D eigenvalue weighted by Crippen LogP contribution is 2.19. The molecule has 1 rings (SSSR count). The van der Waals surface area contributed by atoms with Gasteiger partial charge in [-0.2, -0.15) is 0 Å². The lowest BCUT2D eigenvalue weighted by molar-refractivity contribution is 0.0933. The summed E-state index contributed by atoms with van der Waals surface area (Å²) in [6, 6.07) is 5.80. The Hall–Kier alpha value is -0.870. The Morgan fingerprint density at radius 2 is 2.12 bits per heavy atom. The van der Waals surface area contributed by atoms with E-state index in [-0.39, 0.29) is 11.9 Å². The van der Waals surface area contributed by atoms with Gasteiger partial charge in [-0.1, -0.05) is 22.0 Å². The van der Waals surface area contributed by atoms with Crippen LogP contribution >= 0.6 is 15.9 Å². The quantitative estimate of drug-likeness (QED) is 0.926. The van der Waals surface area contributed by atoms with Crippen molar-refractivity contribution in [2.24, 2.45) is 0 Å². The van der Waals surface area contributed by atoms with E-state index in [2.05, 4.69) is 26.1 Å². The fraction of sp³-hybridized carbons (Fsp3) is 0.462. The van der Waals surface area contributed by atoms with Gasteiger partial charge in [-0.3, -0.25) is 4.79 Å². The number of nitrogens with zero attached hydrogens (tertiary/aromatic N) is 1. The first-order valence-corrected chi connectivity index (χ1v) is 6.42. The van der Waals surface area contributed by atoms with E-state index in [4.69, 9.17) is 0 Å². The number of halogens is 1. The predicted octanol–water partition coefficient (Wildman–Crippen LogP) is 2.44. The lowest BCUT2D eigenvalue weighted by atomic mass is 10.1. The summed E-state index contributed by atoms with van der Waals surface area (Å²) in [5.74, 6) is -0.0156. The zero-order valence-corrected chi connectivity index (χ0v) is 12.3. The Morgan fingerprint density at radius 3 is 2.71 bits per heavy atom. The van der Waals surface area contributed by atoms with E-state index in [0.717, 1.165) is 22.1 Å². The average Bonchev–Trinajstić information content (AvgIpc) is 2.20. The van der Waals surface area contributed by atoms with Gasteiger partial charge < -0.3 is 10.2 Å². The third-order valence-electron chi connectivity index (χ3n) is 2.53. The van der Waals surface area contributed by atoms with Gasteiger partial charge in [-0.05, 0) is 45.6 Å². The van der Waals surface area contributed by atoms with Crippen molar-refractivity contribution >= 4 is 21.8 Å². The van der Waals surface area contributed by atoms with Crippen molar-refractivity contribution in [2.75, 3.05) is 20.6 Å². The summed E-state index contributed by atoms with van der Waals surface area (Å²) in [5, 5.41) is 2.99. The molecular weight excluding hydrogens is 280 g/mol. The third kappa shape index (κ3) is 4.13. The van der Waals surface area contributed by atoms with Crippen LogP contribution in [0.3, 0.4) is 0 Å². The number of hydrogen-bond donors (Lipinski definition) is 1. The van der Waals surface area contributed by atoms with Crippen LogP contribution in [0.15, 0.2) is 22.7 Å². The highest BCUT2D eigenvalue weighted by atomic mass is 79.9. The van der Waals surface area contributed by atoms with Gasteiger partial charge in [0.15, 0.2) is 0 Å². The van der Waals surface area contributed by atoms with Gasteiger partial charge in [0.1, 0.15) is 0 Å². The summed E-state index contributed by atoms with van der Waals surface area (Å²) in [4.78, 5) is 14.1. The highest BCUT2D eigenvalue weighted by molar-refractivity contribution is 9.10. The highest BCUT2D eigenvalue weighted by Gasteiger charge is 2.13. The Kier molecular flexibility index (Phi) is 5.15. The van der Waals surface area contributed by atoms with Crippen molar-refractivity contribution in [1.29, 1.82) is 0 Å². The summed E-state index contributed by atoms with van der Waals surface area (Å²) in [5.41, 5.74) is 1.70. The molecule has 94 valence electrons. The van der Waals surface area contributed by atoms with Crippen LogP contribution in [0.4, 0.5) is 0 Å². The molecule has 1 aromatic carbocycles. The average molecular weight is 299 g/mol. The normalized spacial score (nSPS) is 12.6. The molecule has 0 spiro atoms. The van der Waals surface area contributed by atoms with Gasteiger partial charge in [0.2, 0.25) is 0 Å². The molecule has 1 atom stereocenters. The molecule has 3 nitrogen and oxygen atoms in total. The van der Waals surface area contributed by atoms with Crippen LogP contribution in [0.25, 0.3) is 0 Å². The minimum Gasteiger partial charge on any atom is -0.348 e. The topological polar surface area (TPSA) is 32.3 Å². The maximum atomic E-state index is 12.1. The zero-order chi connectivity index (χ0) is 13.0. The molecule has 1 N–H and O–H groups in total. The second-order valence-electron chi connectivity index (χ2n) is 4.55. The fourth-order valence-corrected chi connectivity index (χ4v) is 2.11. The number of nitrogens with one attached hydrogen (secondary N) is 1. The molecule has 1 aromatic rings. The van der Waals surface area contributed by atoms with E-state index < -0.39 is 0 Å². The Balaban J connectivity index is 2.73. The smallest absolute Gasteiger partial charge is 0.251 e. The van der Waals surface area contributed by atoms with Crippen molar-refractivity contribution in [3.63, 3.8) is 0 Å². The van der Waals surface area contributed by atoms with Gasteiger partial charge in [0, 0.05) is 22.6 Å². The lowest BCUT2D eigenvalue weighted by Crippen LogP contribution is -2.39. The molecule has 0 aliphatic carbocycles. The minimum absolute atomic E-state index is 0.0156. The van der Waals surface area contributed by atoms with Crippen molar-refractivity contribution in [3.05, 3.63) is 33.8 Å². The molecule has 1 amide bonds. The first kappa shape index (κ1) is 14.2. The van der Waals surface area contributed by atoms with E-state index in [1.165, 1.54) is 0 Å². The van der Waals surface area contributed by atoms with E-state index >= 15 is 0 Å². The first-order chi connectivity index (χ1) is 7.91. The number of rotatable bonds is 4. The largest absolute Gasteiger partial charge is 0.348 e. The molecule has 0 radical (unpaired) electrons. The Bertz CT molecular complexity index is 404. The number of hydrogen-bond acceptors (Lipinski definition) is 2. The molecule has 17 heavy (non-hydrogen) atoms. The molecule has 0 aliphatic rings. The second-order valence-corrected chi connectivity index (χ2v) is 5.40. The fourth-order valence-electron chi connectivity index (χ4n) is 1.75. The summed E-state index contributed by atoms with van der Waals surface area (Å²) in [7, 11) is 3.99. The van der Waals surface area contributed by atoms with E-state index in [1.807, 2.05) is 46.1 Å². The van der Waals surface area contributed by atoms with Crippen molar-refractivity contribution in [2.45, 2.75) is 19.9 Å². The zero-order valence-electron chi connectivity index (χ0n) is 10.7. The van der Waals surface area contributed by atoms with Crippen LogP contribution in [0.1, 0.15) is 22.8 Å². The van der Waals surface area contributed by atoms with Crippen molar-refractivity contribution < 1.29 is 4.79 Å². The van der Waals surface area contributed by atoms with Gasteiger partial charge >= 0.3 is 0 Å². The van der Waals surface area contributed by atoms with Crippen LogP contribution in [-0.2, 0) is 0 Å². The summed E-state index contributed by atoms with van der Waals surface area (Å²) < 4.78 is 0.963. The van der Waals surface area contributed by atoms with Gasteiger partial charge in [-0.25, -0.2) is 0 Å². The standard InChI is InChI=1S/C13H19BrN2O/c1-9(8-16(3)4)15-13(17)11-6-5-7-12(14)10(11)2/h5-7,9H,8H2,1-4H3,(H,15,17). The first-order valence-electron chi connectivity index (χ1n) is 5.62. The maximum Gasteiger partial charge on any atom is 0.251 e. The SMILES string of the molecule is Cc1c(Br)cccc1C(=O)NC(C)CN(C)C. The molecule has 0 saturated carbocycles. The minimum atomic E-state index is -0.0156. The number of likely N-dealkylation sites (N-methyl/N-ethyl adjacent to an activating group) is 1. The molecule has 1 unspecified atom stereocenters. The third-order valence-corrected chi connectivity index (χ3v) is 3.39. The number of amides is 1. The van der Waals surface area contributed by atoms with Crippen molar-refractivity contribution in [1.82, 2.24) is 10.2 Å². The number of carbonyl (C=O) groups is 1. The molecule has 0 bridgehead atoms. The molecule has 0 fully saturated rings. The summed E-state index contributed by atoms with van der Waals surface area (Å²) >= 11 is 3.43. The molecule has 0 aromatic heterocycles. The second kappa shape index (κ2) is 6.17. The summed E-state index contributed by atoms with van der Waals surface area (Å²) in [6.07, 6.45) is 0. The monoisotopic (exact) mass is 298 g/mol. The lowest BCUT2D eigenvalue weighted by Gasteiger charge is -2.19. The Labute approximate surface area is 111 Å². The van der Waals surface area contributed by atoms with Crippen LogP contribution in [0.5, 0.6) is 0 Å². The van der Waals surface area contributed by atoms with Crippen LogP contribution in [0, 0.1) is 6.92 Å². The predicted molar refractivity (Wildman–Crippen MR) is 74.4 cm³/mol. The van der Waals surface area contributed by atoms with E-state index in [9.17, 15) is 4.79 Å². The van der Waals surface area contributed by atoms with E-state index in [1.54, 1.807) is 0 Å². The molecule has 0 aliphatic heterocycles. The molecule has 0 saturated heterocycles.